The fraction of sp³-hybridized carbons (Fsp3) is 0.455. The normalized spacial score (nSPS) is 17.0. The molecule has 1 heterocycles. The Morgan fingerprint density at radius 2 is 2.36 bits per heavy atom. The molecule has 1 unspecified atom stereocenters. The minimum absolute atomic E-state index is 0.134. The Kier molecular flexibility index (Phi) is 2.70. The Bertz CT molecular complexity index is 322. The second-order valence-electron chi connectivity index (χ2n) is 3.52. The van der Waals surface area contributed by atoms with E-state index in [-0.39, 0.29) is 12.5 Å². The maximum Gasteiger partial charge on any atom is 0.189 e. The van der Waals surface area contributed by atoms with Crippen LogP contribution in [0.3, 0.4) is 0 Å². The van der Waals surface area contributed by atoms with Gasteiger partial charge in [-0.2, -0.15) is 0 Å². The van der Waals surface area contributed by atoms with Crippen LogP contribution in [-0.2, 0) is 11.3 Å². The zero-order valence-electron chi connectivity index (χ0n) is 8.19. The first kappa shape index (κ1) is 9.49. The lowest BCUT2D eigenvalue weighted by Crippen LogP contribution is -2.14. The molecule has 0 aromatic heterocycles. The molecule has 1 aromatic rings. The largest absolute Gasteiger partial charge is 0.467 e. The Balaban J connectivity index is 2.39. The van der Waals surface area contributed by atoms with Gasteiger partial charge in [0.25, 0.3) is 0 Å². The molecule has 1 aliphatic rings. The predicted octanol–water partition coefficient (Wildman–Crippen LogP) is 1.65. The monoisotopic (exact) mass is 194 g/mol. The van der Waals surface area contributed by atoms with Crippen LogP contribution < -0.4 is 4.74 Å². The van der Waals surface area contributed by atoms with Crippen molar-refractivity contribution in [1.82, 2.24) is 0 Å². The highest BCUT2D eigenvalue weighted by molar-refractivity contribution is 5.42. The highest BCUT2D eigenvalue weighted by Crippen LogP contribution is 2.30. The molecule has 0 amide bonds. The van der Waals surface area contributed by atoms with Crippen molar-refractivity contribution in [2.45, 2.75) is 19.4 Å². The maximum atomic E-state index is 9.11. The second kappa shape index (κ2) is 3.98. The van der Waals surface area contributed by atoms with Crippen LogP contribution in [0.15, 0.2) is 18.2 Å². The van der Waals surface area contributed by atoms with Crippen molar-refractivity contribution in [3.05, 3.63) is 29.3 Å². The highest BCUT2D eigenvalue weighted by atomic mass is 16.7. The number of hydrogen-bond acceptors (Lipinski definition) is 3. The molecule has 0 bridgehead atoms. The third-order valence-corrected chi connectivity index (χ3v) is 2.52. The van der Waals surface area contributed by atoms with Crippen LogP contribution in [-0.4, -0.2) is 18.5 Å². The first-order valence-corrected chi connectivity index (χ1v) is 4.76. The van der Waals surface area contributed by atoms with Gasteiger partial charge in [0.05, 0.1) is 6.61 Å². The van der Waals surface area contributed by atoms with Crippen molar-refractivity contribution in [2.24, 2.45) is 0 Å². The number of hydrogen-bond donors (Lipinski definition) is 1. The van der Waals surface area contributed by atoms with E-state index in [1.165, 1.54) is 0 Å². The fourth-order valence-corrected chi connectivity index (χ4v) is 1.68. The van der Waals surface area contributed by atoms with Crippen LogP contribution in [0.2, 0.25) is 0 Å². The summed E-state index contributed by atoms with van der Waals surface area (Å²) >= 11 is 0. The average Bonchev–Trinajstić information content (AvgIpc) is 2.27. The molecule has 76 valence electrons. The van der Waals surface area contributed by atoms with E-state index in [9.17, 15) is 0 Å². The molecule has 0 radical (unpaired) electrons. The lowest BCUT2D eigenvalue weighted by atomic mass is 9.96. The lowest BCUT2D eigenvalue weighted by Gasteiger charge is -2.22. The van der Waals surface area contributed by atoms with Gasteiger partial charge >= 0.3 is 0 Å². The fourth-order valence-electron chi connectivity index (χ4n) is 1.68. The van der Waals surface area contributed by atoms with Gasteiger partial charge in [-0.05, 0) is 11.6 Å². The number of rotatable bonds is 2. The number of aliphatic hydroxyl groups is 1. The van der Waals surface area contributed by atoms with Crippen LogP contribution in [0, 0.1) is 0 Å². The van der Waals surface area contributed by atoms with Gasteiger partial charge in [0.15, 0.2) is 6.79 Å². The van der Waals surface area contributed by atoms with Crippen LogP contribution in [0.1, 0.15) is 24.0 Å². The van der Waals surface area contributed by atoms with Crippen LogP contribution in [0.25, 0.3) is 0 Å². The summed E-state index contributed by atoms with van der Waals surface area (Å²) in [6.07, 6.45) is 0. The van der Waals surface area contributed by atoms with E-state index in [4.69, 9.17) is 14.6 Å². The van der Waals surface area contributed by atoms with Crippen LogP contribution >= 0.6 is 0 Å². The van der Waals surface area contributed by atoms with Gasteiger partial charge in [-0.15, -0.1) is 0 Å². The molecule has 1 aromatic carbocycles. The average molecular weight is 194 g/mol. The van der Waals surface area contributed by atoms with Gasteiger partial charge in [-0.3, -0.25) is 0 Å². The summed E-state index contributed by atoms with van der Waals surface area (Å²) in [6.45, 7) is 3.04. The summed E-state index contributed by atoms with van der Waals surface area (Å²) in [5.41, 5.74) is 2.19. The quantitative estimate of drug-likeness (QED) is 0.778. The zero-order chi connectivity index (χ0) is 9.97. The Hall–Kier alpha value is -1.06. The highest BCUT2D eigenvalue weighted by Gasteiger charge is 2.17. The van der Waals surface area contributed by atoms with Gasteiger partial charge < -0.3 is 14.6 Å². The van der Waals surface area contributed by atoms with E-state index in [2.05, 4.69) is 0 Å². The number of aliphatic hydroxyl groups excluding tert-OH is 1. The van der Waals surface area contributed by atoms with Crippen LogP contribution in [0.5, 0.6) is 5.75 Å². The summed E-state index contributed by atoms with van der Waals surface area (Å²) < 4.78 is 10.6. The number of ether oxygens (including phenoxy) is 2. The molecule has 3 nitrogen and oxygen atoms in total. The predicted molar refractivity (Wildman–Crippen MR) is 52.2 cm³/mol. The third-order valence-electron chi connectivity index (χ3n) is 2.52. The molecule has 0 spiro atoms. The first-order valence-electron chi connectivity index (χ1n) is 4.76. The van der Waals surface area contributed by atoms with Gasteiger partial charge in [-0.1, -0.05) is 19.1 Å². The Labute approximate surface area is 83.3 Å². The van der Waals surface area contributed by atoms with Crippen LogP contribution in [0.4, 0.5) is 0 Å². The van der Waals surface area contributed by atoms with Gasteiger partial charge in [0.2, 0.25) is 0 Å². The molecule has 1 aliphatic heterocycles. The molecule has 3 heteroatoms. The SMILES string of the molecule is CC(CO)c1cccc2c1COCO2. The maximum absolute atomic E-state index is 9.11. The Morgan fingerprint density at radius 1 is 1.50 bits per heavy atom. The third kappa shape index (κ3) is 1.61. The first-order chi connectivity index (χ1) is 6.83. The van der Waals surface area contributed by atoms with Crippen molar-refractivity contribution in [3.8, 4) is 5.75 Å². The van der Waals surface area contributed by atoms with Crippen molar-refractivity contribution in [3.63, 3.8) is 0 Å². The molecular weight excluding hydrogens is 180 g/mol. The van der Waals surface area contributed by atoms with E-state index in [0.29, 0.717) is 13.4 Å². The molecule has 1 N–H and O–H groups in total. The molecule has 0 aliphatic carbocycles. The van der Waals surface area contributed by atoms with E-state index in [0.717, 1.165) is 16.9 Å². The second-order valence-corrected chi connectivity index (χ2v) is 3.52. The molecule has 1 atom stereocenters. The molecule has 14 heavy (non-hydrogen) atoms. The molecule has 0 saturated heterocycles. The molecule has 0 saturated carbocycles. The zero-order valence-corrected chi connectivity index (χ0v) is 8.19. The number of benzene rings is 1. The summed E-state index contributed by atoms with van der Waals surface area (Å²) in [5, 5.41) is 9.11. The topological polar surface area (TPSA) is 38.7 Å². The van der Waals surface area contributed by atoms with Gasteiger partial charge in [-0.25, -0.2) is 0 Å². The van der Waals surface area contributed by atoms with E-state index in [1.54, 1.807) is 0 Å². The standard InChI is InChI=1S/C11H14O3/c1-8(5-12)9-3-2-4-11-10(9)6-13-7-14-11/h2-4,8,12H,5-7H2,1H3. The molecule has 2 rings (SSSR count). The van der Waals surface area contributed by atoms with E-state index < -0.39 is 0 Å². The van der Waals surface area contributed by atoms with Crippen molar-refractivity contribution in [2.75, 3.05) is 13.4 Å². The number of fused-ring (bicyclic) bond motifs is 1. The summed E-state index contributed by atoms with van der Waals surface area (Å²) in [4.78, 5) is 0. The van der Waals surface area contributed by atoms with Gasteiger partial charge in [0.1, 0.15) is 5.75 Å². The minimum Gasteiger partial charge on any atom is -0.467 e. The summed E-state index contributed by atoms with van der Waals surface area (Å²) in [6, 6.07) is 5.90. The van der Waals surface area contributed by atoms with E-state index >= 15 is 0 Å². The van der Waals surface area contributed by atoms with Crippen molar-refractivity contribution >= 4 is 0 Å². The molecular formula is C11H14O3. The van der Waals surface area contributed by atoms with Crippen molar-refractivity contribution in [1.29, 1.82) is 0 Å². The van der Waals surface area contributed by atoms with E-state index in [1.807, 2.05) is 25.1 Å². The van der Waals surface area contributed by atoms with Crippen molar-refractivity contribution < 1.29 is 14.6 Å². The summed E-state index contributed by atoms with van der Waals surface area (Å²) in [7, 11) is 0. The molecule has 0 fully saturated rings. The smallest absolute Gasteiger partial charge is 0.189 e. The minimum atomic E-state index is 0.134. The lowest BCUT2D eigenvalue weighted by molar-refractivity contribution is -0.0170. The van der Waals surface area contributed by atoms with Gasteiger partial charge in [0, 0.05) is 18.1 Å². The Morgan fingerprint density at radius 3 is 3.14 bits per heavy atom. The summed E-state index contributed by atoms with van der Waals surface area (Å²) in [5.74, 6) is 1.02.